The Labute approximate surface area is 138 Å². The summed E-state index contributed by atoms with van der Waals surface area (Å²) in [6.45, 7) is 3.40. The maximum absolute atomic E-state index is 12.0. The van der Waals surface area contributed by atoms with Crippen LogP contribution in [0.5, 0.6) is 0 Å². The predicted molar refractivity (Wildman–Crippen MR) is 87.2 cm³/mol. The van der Waals surface area contributed by atoms with Gasteiger partial charge in [-0.3, -0.25) is 4.79 Å². The van der Waals surface area contributed by atoms with Gasteiger partial charge in [-0.1, -0.05) is 24.3 Å². The molecule has 0 fully saturated rings. The molecule has 0 radical (unpaired) electrons. The number of methoxy groups -OCH3 is 1. The van der Waals surface area contributed by atoms with Crippen LogP contribution in [0.25, 0.3) is 11.3 Å². The molecule has 2 aromatic rings. The van der Waals surface area contributed by atoms with Crippen LogP contribution in [-0.2, 0) is 20.9 Å². The molecule has 1 aromatic carbocycles. The van der Waals surface area contributed by atoms with Crippen molar-refractivity contribution in [2.75, 3.05) is 7.11 Å². The first-order valence-corrected chi connectivity index (χ1v) is 7.83. The minimum atomic E-state index is -1.89. The van der Waals surface area contributed by atoms with E-state index in [0.29, 0.717) is 0 Å². The summed E-state index contributed by atoms with van der Waals surface area (Å²) in [5.74, 6) is -2.02. The molecule has 23 heavy (non-hydrogen) atoms. The minimum absolute atomic E-state index is 0.224. The van der Waals surface area contributed by atoms with Crippen LogP contribution in [0.4, 0.5) is 0 Å². The molecule has 122 valence electrons. The minimum Gasteiger partial charge on any atom is -0.479 e. The molecule has 1 atom stereocenters. The van der Waals surface area contributed by atoms with Crippen molar-refractivity contribution >= 4 is 23.2 Å². The number of carboxylic acids is 1. The summed E-state index contributed by atoms with van der Waals surface area (Å²) in [5, 5.41) is 14.6. The van der Waals surface area contributed by atoms with Crippen LogP contribution in [0.15, 0.2) is 29.6 Å². The number of ether oxygens (including phenoxy) is 1. The van der Waals surface area contributed by atoms with E-state index >= 15 is 0 Å². The Bertz CT molecular complexity index is 711. The molecule has 0 saturated heterocycles. The highest BCUT2D eigenvalue weighted by Gasteiger charge is 2.41. The van der Waals surface area contributed by atoms with Crippen LogP contribution < -0.4 is 5.32 Å². The van der Waals surface area contributed by atoms with Crippen LogP contribution in [-0.4, -0.2) is 34.7 Å². The fourth-order valence-corrected chi connectivity index (χ4v) is 2.54. The lowest BCUT2D eigenvalue weighted by molar-refractivity contribution is -0.167. The normalized spacial score (nSPS) is 13.3. The van der Waals surface area contributed by atoms with E-state index in [1.807, 2.05) is 36.6 Å². The number of carbonyl (C=O) groups is 2. The largest absolute Gasteiger partial charge is 0.479 e. The molecule has 0 aliphatic rings. The number of benzene rings is 1. The number of thiazole rings is 1. The zero-order valence-electron chi connectivity index (χ0n) is 13.1. The number of rotatable bonds is 6. The van der Waals surface area contributed by atoms with Crippen molar-refractivity contribution < 1.29 is 19.4 Å². The second-order valence-corrected chi connectivity index (χ2v) is 6.24. The number of carbonyl (C=O) groups excluding carboxylic acids is 1. The summed E-state index contributed by atoms with van der Waals surface area (Å²) in [5.41, 5.74) is 0.883. The predicted octanol–water partition coefficient (Wildman–Crippen LogP) is 2.22. The molecule has 2 N–H and O–H groups in total. The van der Waals surface area contributed by atoms with Crippen molar-refractivity contribution in [2.45, 2.75) is 26.0 Å². The SMILES string of the molecule is COC(C)(C(=O)O)C(=O)NCc1ccc(-c2csc(C)n2)cc1. The Balaban J connectivity index is 2.02. The van der Waals surface area contributed by atoms with Gasteiger partial charge in [0, 0.05) is 24.6 Å². The number of nitrogens with one attached hydrogen (secondary N) is 1. The number of aromatic nitrogens is 1. The molecule has 0 aliphatic heterocycles. The Hall–Kier alpha value is -2.25. The standard InChI is InChI=1S/C16H18N2O4S/c1-10-18-13(9-23-10)12-6-4-11(5-7-12)8-17-14(19)16(2,22-3)15(20)21/h4-7,9H,8H2,1-3H3,(H,17,19)(H,20,21). The Morgan fingerprint density at radius 1 is 1.35 bits per heavy atom. The van der Waals surface area contributed by atoms with Gasteiger partial charge in [-0.25, -0.2) is 9.78 Å². The fraction of sp³-hybridized carbons (Fsp3) is 0.312. The van der Waals surface area contributed by atoms with Crippen molar-refractivity contribution in [1.29, 1.82) is 0 Å². The molecule has 0 spiro atoms. The van der Waals surface area contributed by atoms with E-state index in [0.717, 1.165) is 21.8 Å². The van der Waals surface area contributed by atoms with Gasteiger partial charge in [0.25, 0.3) is 5.91 Å². The van der Waals surface area contributed by atoms with Gasteiger partial charge in [0.15, 0.2) is 0 Å². The van der Waals surface area contributed by atoms with E-state index in [9.17, 15) is 9.59 Å². The fourth-order valence-electron chi connectivity index (χ4n) is 1.92. The molecule has 1 aromatic heterocycles. The maximum atomic E-state index is 12.0. The van der Waals surface area contributed by atoms with Crippen molar-refractivity contribution in [3.05, 3.63) is 40.2 Å². The number of amides is 1. The number of carboxylic acid groups (broad SMARTS) is 1. The van der Waals surface area contributed by atoms with Gasteiger partial charge >= 0.3 is 5.97 Å². The molecule has 0 aliphatic carbocycles. The topological polar surface area (TPSA) is 88.5 Å². The second kappa shape index (κ2) is 6.89. The van der Waals surface area contributed by atoms with Crippen molar-refractivity contribution in [3.63, 3.8) is 0 Å². The molecule has 6 nitrogen and oxygen atoms in total. The highest BCUT2D eigenvalue weighted by Crippen LogP contribution is 2.21. The third-order valence-electron chi connectivity index (χ3n) is 3.57. The van der Waals surface area contributed by atoms with Gasteiger partial charge in [-0.05, 0) is 19.4 Å². The van der Waals surface area contributed by atoms with Crippen LogP contribution in [0.3, 0.4) is 0 Å². The molecule has 1 heterocycles. The summed E-state index contributed by atoms with van der Waals surface area (Å²) in [6.07, 6.45) is 0. The molecular weight excluding hydrogens is 316 g/mol. The average molecular weight is 334 g/mol. The van der Waals surface area contributed by atoms with Crippen molar-refractivity contribution in [2.24, 2.45) is 0 Å². The average Bonchev–Trinajstić information content (AvgIpc) is 2.98. The summed E-state index contributed by atoms with van der Waals surface area (Å²) >= 11 is 1.59. The van der Waals surface area contributed by atoms with E-state index in [-0.39, 0.29) is 6.54 Å². The number of hydrogen-bond donors (Lipinski definition) is 2. The number of hydrogen-bond acceptors (Lipinski definition) is 5. The van der Waals surface area contributed by atoms with Crippen LogP contribution in [0, 0.1) is 6.92 Å². The lowest BCUT2D eigenvalue weighted by atomic mass is 10.1. The Morgan fingerprint density at radius 2 is 2.00 bits per heavy atom. The molecule has 0 saturated carbocycles. The number of aliphatic carboxylic acids is 1. The van der Waals surface area contributed by atoms with Crippen molar-refractivity contribution in [3.8, 4) is 11.3 Å². The quantitative estimate of drug-likeness (QED) is 0.791. The molecular formula is C16H18N2O4S. The smallest absolute Gasteiger partial charge is 0.345 e. The van der Waals surface area contributed by atoms with E-state index in [4.69, 9.17) is 9.84 Å². The summed E-state index contributed by atoms with van der Waals surface area (Å²) < 4.78 is 4.81. The first-order chi connectivity index (χ1) is 10.9. The summed E-state index contributed by atoms with van der Waals surface area (Å²) in [4.78, 5) is 27.5. The first kappa shape index (κ1) is 17.1. The third-order valence-corrected chi connectivity index (χ3v) is 4.34. The Kier molecular flexibility index (Phi) is 5.12. The van der Waals surface area contributed by atoms with Crippen LogP contribution >= 0.6 is 11.3 Å². The van der Waals surface area contributed by atoms with Gasteiger partial charge in [-0.2, -0.15) is 0 Å². The third kappa shape index (κ3) is 3.75. The second-order valence-electron chi connectivity index (χ2n) is 5.17. The number of nitrogens with zero attached hydrogens (tertiary/aromatic N) is 1. The van der Waals surface area contributed by atoms with E-state index < -0.39 is 17.5 Å². The zero-order valence-corrected chi connectivity index (χ0v) is 13.9. The summed E-state index contributed by atoms with van der Waals surface area (Å²) in [6, 6.07) is 7.58. The first-order valence-electron chi connectivity index (χ1n) is 6.95. The van der Waals surface area contributed by atoms with Gasteiger partial charge < -0.3 is 15.2 Å². The van der Waals surface area contributed by atoms with E-state index in [1.165, 1.54) is 14.0 Å². The lowest BCUT2D eigenvalue weighted by Gasteiger charge is -2.21. The van der Waals surface area contributed by atoms with Crippen LogP contribution in [0.1, 0.15) is 17.5 Å². The highest BCUT2D eigenvalue weighted by molar-refractivity contribution is 7.09. The molecule has 0 bridgehead atoms. The summed E-state index contributed by atoms with van der Waals surface area (Å²) in [7, 11) is 1.19. The van der Waals surface area contributed by atoms with E-state index in [2.05, 4.69) is 10.3 Å². The van der Waals surface area contributed by atoms with Gasteiger partial charge in [0.1, 0.15) is 0 Å². The van der Waals surface area contributed by atoms with E-state index in [1.54, 1.807) is 11.3 Å². The molecule has 1 unspecified atom stereocenters. The molecule has 2 rings (SSSR count). The zero-order chi connectivity index (χ0) is 17.0. The number of aryl methyl sites for hydroxylation is 1. The van der Waals surface area contributed by atoms with Gasteiger partial charge in [0.05, 0.1) is 10.7 Å². The Morgan fingerprint density at radius 3 is 2.48 bits per heavy atom. The maximum Gasteiger partial charge on any atom is 0.345 e. The van der Waals surface area contributed by atoms with Crippen molar-refractivity contribution in [1.82, 2.24) is 10.3 Å². The molecule has 1 amide bonds. The van der Waals surface area contributed by atoms with Gasteiger partial charge in [0.2, 0.25) is 5.60 Å². The monoisotopic (exact) mass is 334 g/mol. The van der Waals surface area contributed by atoms with Crippen LogP contribution in [0.2, 0.25) is 0 Å². The van der Waals surface area contributed by atoms with Gasteiger partial charge in [-0.15, -0.1) is 11.3 Å². The highest BCUT2D eigenvalue weighted by atomic mass is 32.1. The molecule has 7 heteroatoms. The lowest BCUT2D eigenvalue weighted by Crippen LogP contribution is -2.51.